The van der Waals surface area contributed by atoms with E-state index in [1.54, 1.807) is 0 Å². The lowest BCUT2D eigenvalue weighted by molar-refractivity contribution is -0.136. The van der Waals surface area contributed by atoms with Gasteiger partial charge in [0.1, 0.15) is 4.83 Å². The van der Waals surface area contributed by atoms with E-state index in [2.05, 4.69) is 35.0 Å². The Balaban J connectivity index is 3.13. The summed E-state index contributed by atoms with van der Waals surface area (Å²) in [5.41, 5.74) is 0. The second-order valence-corrected chi connectivity index (χ2v) is 8.34. The van der Waals surface area contributed by atoms with Gasteiger partial charge in [0.15, 0.2) is 0 Å². The number of alkyl halides is 1. The maximum atomic E-state index is 10.7. The van der Waals surface area contributed by atoms with Crippen molar-refractivity contribution in [1.82, 2.24) is 0 Å². The Hall–Kier alpha value is -0.310. The molecule has 0 aromatic heterocycles. The van der Waals surface area contributed by atoms with Crippen molar-refractivity contribution in [3.8, 4) is 0 Å². The Bertz CT molecular complexity index is 315. The van der Waals surface area contributed by atoms with Gasteiger partial charge < -0.3 is 5.11 Å². The van der Waals surface area contributed by atoms with E-state index in [-0.39, 0.29) is 4.83 Å². The number of unbranched alkanes of at least 4 members (excludes halogenated alkanes) is 14. The summed E-state index contributed by atoms with van der Waals surface area (Å²) in [6.45, 7) is 2.27. The van der Waals surface area contributed by atoms with E-state index < -0.39 is 5.97 Å². The van der Waals surface area contributed by atoms with Crippen molar-refractivity contribution in [2.45, 2.75) is 121 Å². The highest BCUT2D eigenvalue weighted by Crippen LogP contribution is 2.14. The maximum Gasteiger partial charge on any atom is 0.317 e. The number of carboxylic acids is 1. The summed E-state index contributed by atoms with van der Waals surface area (Å²) in [5.74, 6) is -0.735. The molecule has 1 N–H and O–H groups in total. The molecule has 3 heteroatoms. The highest BCUT2D eigenvalue weighted by atomic mass is 79.9. The molecular weight excluding hydrogens is 376 g/mol. The first-order chi connectivity index (χ1) is 12.2. The van der Waals surface area contributed by atoms with Gasteiger partial charge in [-0.05, 0) is 32.1 Å². The number of halogens is 1. The van der Waals surface area contributed by atoms with Gasteiger partial charge in [-0.15, -0.1) is 0 Å². The summed E-state index contributed by atoms with van der Waals surface area (Å²) in [6, 6.07) is 0. The standard InChI is InChI=1S/C22H41BrO2/c1-2-3-4-5-6-7-8-9-10-11-12-13-14-15-16-17-18-19-20-21(23)22(24)25/h9-10,21H,2-8,11-20H2,1H3,(H,24,25). The van der Waals surface area contributed by atoms with Crippen molar-refractivity contribution in [2.75, 3.05) is 0 Å². The zero-order valence-corrected chi connectivity index (χ0v) is 18.1. The summed E-state index contributed by atoms with van der Waals surface area (Å²) in [7, 11) is 0. The molecule has 0 amide bonds. The molecule has 0 aromatic carbocycles. The van der Waals surface area contributed by atoms with Crippen molar-refractivity contribution in [1.29, 1.82) is 0 Å². The summed E-state index contributed by atoms with van der Waals surface area (Å²) < 4.78 is 0. The SMILES string of the molecule is CCCCCCCCC=CCCCCCCCCCCC(Br)C(=O)O. The molecule has 0 aliphatic carbocycles. The van der Waals surface area contributed by atoms with E-state index in [4.69, 9.17) is 5.11 Å². The van der Waals surface area contributed by atoms with Crippen LogP contribution >= 0.6 is 15.9 Å². The molecule has 0 fully saturated rings. The van der Waals surface area contributed by atoms with Gasteiger partial charge in [-0.2, -0.15) is 0 Å². The molecule has 1 atom stereocenters. The molecule has 0 saturated carbocycles. The van der Waals surface area contributed by atoms with Crippen molar-refractivity contribution in [3.63, 3.8) is 0 Å². The molecule has 0 aliphatic heterocycles. The minimum Gasteiger partial charge on any atom is -0.480 e. The zero-order valence-electron chi connectivity index (χ0n) is 16.5. The number of hydrogen-bond donors (Lipinski definition) is 1. The minimum absolute atomic E-state index is 0.360. The predicted molar refractivity (Wildman–Crippen MR) is 114 cm³/mol. The average Bonchev–Trinajstić information content (AvgIpc) is 2.60. The molecule has 0 radical (unpaired) electrons. The van der Waals surface area contributed by atoms with Crippen LogP contribution in [0.4, 0.5) is 0 Å². The van der Waals surface area contributed by atoms with Crippen molar-refractivity contribution in [3.05, 3.63) is 12.2 Å². The highest BCUT2D eigenvalue weighted by molar-refractivity contribution is 9.10. The van der Waals surface area contributed by atoms with Gasteiger partial charge in [-0.3, -0.25) is 4.79 Å². The summed E-state index contributed by atoms with van der Waals surface area (Å²) in [6.07, 6.45) is 26.5. The molecule has 1 unspecified atom stereocenters. The smallest absolute Gasteiger partial charge is 0.317 e. The van der Waals surface area contributed by atoms with Crippen LogP contribution in [0.2, 0.25) is 0 Å². The molecule has 2 nitrogen and oxygen atoms in total. The number of hydrogen-bond acceptors (Lipinski definition) is 1. The maximum absolute atomic E-state index is 10.7. The second-order valence-electron chi connectivity index (χ2n) is 7.24. The molecular formula is C22H41BrO2. The van der Waals surface area contributed by atoms with Gasteiger partial charge in [-0.25, -0.2) is 0 Å². The third-order valence-electron chi connectivity index (χ3n) is 4.74. The Morgan fingerprint density at radius 3 is 1.60 bits per heavy atom. The molecule has 0 saturated heterocycles. The largest absolute Gasteiger partial charge is 0.480 e. The van der Waals surface area contributed by atoms with E-state index in [0.29, 0.717) is 0 Å². The first kappa shape index (κ1) is 24.7. The van der Waals surface area contributed by atoms with E-state index in [1.807, 2.05) is 0 Å². The van der Waals surface area contributed by atoms with Crippen LogP contribution in [0.25, 0.3) is 0 Å². The first-order valence-electron chi connectivity index (χ1n) is 10.7. The first-order valence-corrected chi connectivity index (χ1v) is 11.6. The van der Waals surface area contributed by atoms with Crippen LogP contribution in [0.1, 0.15) is 116 Å². The topological polar surface area (TPSA) is 37.3 Å². The van der Waals surface area contributed by atoms with Gasteiger partial charge in [0, 0.05) is 0 Å². The molecule has 0 bridgehead atoms. The zero-order chi connectivity index (χ0) is 18.6. The lowest BCUT2D eigenvalue weighted by Gasteiger charge is -2.04. The minimum atomic E-state index is -0.735. The van der Waals surface area contributed by atoms with Crippen LogP contribution in [0.3, 0.4) is 0 Å². The third kappa shape index (κ3) is 19.9. The van der Waals surface area contributed by atoms with Crippen LogP contribution in [0, 0.1) is 0 Å². The average molecular weight is 417 g/mol. The monoisotopic (exact) mass is 416 g/mol. The fourth-order valence-corrected chi connectivity index (χ4v) is 3.37. The number of carbonyl (C=O) groups is 1. The summed E-state index contributed by atoms with van der Waals surface area (Å²) in [5, 5.41) is 8.77. The van der Waals surface area contributed by atoms with E-state index in [0.717, 1.165) is 19.3 Å². The fraction of sp³-hybridized carbons (Fsp3) is 0.864. The Morgan fingerprint density at radius 2 is 1.16 bits per heavy atom. The van der Waals surface area contributed by atoms with E-state index >= 15 is 0 Å². The molecule has 0 spiro atoms. The normalized spacial score (nSPS) is 12.7. The predicted octanol–water partition coefficient (Wildman–Crippen LogP) is 8.04. The van der Waals surface area contributed by atoms with Crippen molar-refractivity contribution >= 4 is 21.9 Å². The summed E-state index contributed by atoms with van der Waals surface area (Å²) >= 11 is 3.19. The second kappa shape index (κ2) is 20.0. The van der Waals surface area contributed by atoms with E-state index in [9.17, 15) is 4.79 Å². The Kier molecular flexibility index (Phi) is 19.8. The molecule has 25 heavy (non-hydrogen) atoms. The molecule has 0 aromatic rings. The highest BCUT2D eigenvalue weighted by Gasteiger charge is 2.11. The number of carboxylic acid groups (broad SMARTS) is 1. The molecule has 0 aliphatic rings. The Labute approximate surface area is 165 Å². The van der Waals surface area contributed by atoms with Gasteiger partial charge in [0.25, 0.3) is 0 Å². The van der Waals surface area contributed by atoms with Crippen LogP contribution < -0.4 is 0 Å². The quantitative estimate of drug-likeness (QED) is 0.131. The van der Waals surface area contributed by atoms with Gasteiger partial charge in [-0.1, -0.05) is 112 Å². The van der Waals surface area contributed by atoms with Crippen molar-refractivity contribution in [2.24, 2.45) is 0 Å². The molecule has 148 valence electrons. The third-order valence-corrected chi connectivity index (χ3v) is 5.59. The lowest BCUT2D eigenvalue weighted by Crippen LogP contribution is -2.11. The number of allylic oxidation sites excluding steroid dienone is 2. The number of rotatable bonds is 19. The van der Waals surface area contributed by atoms with Gasteiger partial charge in [0.2, 0.25) is 0 Å². The van der Waals surface area contributed by atoms with Crippen molar-refractivity contribution < 1.29 is 9.90 Å². The van der Waals surface area contributed by atoms with Crippen LogP contribution in [0.15, 0.2) is 12.2 Å². The summed E-state index contributed by atoms with van der Waals surface area (Å²) in [4.78, 5) is 10.3. The lowest BCUT2D eigenvalue weighted by atomic mass is 10.1. The van der Waals surface area contributed by atoms with Crippen LogP contribution in [-0.4, -0.2) is 15.9 Å². The van der Waals surface area contributed by atoms with Crippen LogP contribution in [-0.2, 0) is 4.79 Å². The van der Waals surface area contributed by atoms with Crippen LogP contribution in [0.5, 0.6) is 0 Å². The van der Waals surface area contributed by atoms with Gasteiger partial charge in [0.05, 0.1) is 0 Å². The van der Waals surface area contributed by atoms with E-state index in [1.165, 1.54) is 89.9 Å². The Morgan fingerprint density at radius 1 is 0.760 bits per heavy atom. The molecule has 0 heterocycles. The fourth-order valence-electron chi connectivity index (χ4n) is 3.05. The van der Waals surface area contributed by atoms with Gasteiger partial charge >= 0.3 is 5.97 Å². The molecule has 0 rings (SSSR count). The number of aliphatic carboxylic acids is 1.